The highest BCUT2D eigenvalue weighted by molar-refractivity contribution is 7.22. The molecule has 0 atom stereocenters. The first kappa shape index (κ1) is 20.2. The van der Waals surface area contributed by atoms with Gasteiger partial charge in [-0.2, -0.15) is 0 Å². The van der Waals surface area contributed by atoms with Gasteiger partial charge in [-0.25, -0.2) is 9.37 Å². The molecule has 0 fully saturated rings. The van der Waals surface area contributed by atoms with Crippen LogP contribution in [0.3, 0.4) is 0 Å². The van der Waals surface area contributed by atoms with Crippen molar-refractivity contribution in [3.05, 3.63) is 83.3 Å². The number of amides is 1. The first-order valence-electron chi connectivity index (χ1n) is 9.45. The zero-order chi connectivity index (χ0) is 22.2. The Morgan fingerprint density at radius 1 is 1.06 bits per heavy atom. The standard InChI is InChI=1S/C23H14ClFN4O2S/c24-16-4-2-13(10-17(16)25)28-23-29-19-6-3-14(11-21(19)32-23)31-20-7-8-27-18-5-1-12(22(26)30)9-15(18)20/h1-11H,(H2,26,30)(H,28,29). The third-order valence-electron chi connectivity index (χ3n) is 4.74. The lowest BCUT2D eigenvalue weighted by Gasteiger charge is -2.09. The summed E-state index contributed by atoms with van der Waals surface area (Å²) in [5, 5.41) is 4.44. The predicted octanol–water partition coefficient (Wildman–Crippen LogP) is 6.27. The van der Waals surface area contributed by atoms with E-state index in [1.54, 1.807) is 42.6 Å². The Morgan fingerprint density at radius 3 is 2.72 bits per heavy atom. The fourth-order valence-corrected chi connectivity index (χ4v) is 4.24. The number of nitrogens with two attached hydrogens (primary N) is 1. The minimum atomic E-state index is -0.520. The van der Waals surface area contributed by atoms with Gasteiger partial charge in [0, 0.05) is 28.9 Å². The average molecular weight is 465 g/mol. The van der Waals surface area contributed by atoms with Gasteiger partial charge in [-0.05, 0) is 54.6 Å². The summed E-state index contributed by atoms with van der Waals surface area (Å²) < 4.78 is 20.7. The summed E-state index contributed by atoms with van der Waals surface area (Å²) in [5.74, 6) is 0.130. The third kappa shape index (κ3) is 3.93. The van der Waals surface area contributed by atoms with Crippen LogP contribution in [0.4, 0.5) is 15.2 Å². The zero-order valence-electron chi connectivity index (χ0n) is 16.3. The highest BCUT2D eigenvalue weighted by atomic mass is 35.5. The molecule has 9 heteroatoms. The molecule has 2 heterocycles. The first-order valence-corrected chi connectivity index (χ1v) is 10.6. The summed E-state index contributed by atoms with van der Waals surface area (Å²) in [6, 6.07) is 16.7. The van der Waals surface area contributed by atoms with Crippen LogP contribution in [0, 0.1) is 5.82 Å². The maximum Gasteiger partial charge on any atom is 0.248 e. The molecule has 2 aromatic heterocycles. The number of pyridine rings is 1. The normalized spacial score (nSPS) is 11.1. The lowest BCUT2D eigenvalue weighted by molar-refractivity contribution is 0.100. The maximum absolute atomic E-state index is 13.7. The highest BCUT2D eigenvalue weighted by Crippen LogP contribution is 2.35. The van der Waals surface area contributed by atoms with Crippen molar-refractivity contribution in [1.29, 1.82) is 0 Å². The lowest BCUT2D eigenvalue weighted by atomic mass is 10.1. The number of hydrogen-bond donors (Lipinski definition) is 2. The van der Waals surface area contributed by atoms with E-state index in [0.29, 0.717) is 38.8 Å². The van der Waals surface area contributed by atoms with Crippen LogP contribution >= 0.6 is 22.9 Å². The molecule has 158 valence electrons. The summed E-state index contributed by atoms with van der Waals surface area (Å²) in [6.45, 7) is 0. The second-order valence-corrected chi connectivity index (χ2v) is 8.35. The van der Waals surface area contributed by atoms with Crippen LogP contribution in [0.25, 0.3) is 21.1 Å². The van der Waals surface area contributed by atoms with Gasteiger partial charge in [0.2, 0.25) is 5.91 Å². The number of halogens is 2. The van der Waals surface area contributed by atoms with Crippen LogP contribution in [0.15, 0.2) is 66.9 Å². The van der Waals surface area contributed by atoms with Crippen LogP contribution < -0.4 is 15.8 Å². The Bertz CT molecular complexity index is 1500. The van der Waals surface area contributed by atoms with Crippen LogP contribution in [0.5, 0.6) is 11.5 Å². The summed E-state index contributed by atoms with van der Waals surface area (Å²) in [6.07, 6.45) is 1.64. The molecule has 0 spiro atoms. The molecular weight excluding hydrogens is 451 g/mol. The topological polar surface area (TPSA) is 90.1 Å². The Morgan fingerprint density at radius 2 is 1.91 bits per heavy atom. The Balaban J connectivity index is 1.45. The molecule has 0 aliphatic rings. The number of anilines is 2. The molecule has 3 N–H and O–H groups in total. The van der Waals surface area contributed by atoms with Crippen molar-refractivity contribution >= 4 is 60.8 Å². The Kier molecular flexibility index (Phi) is 5.08. The SMILES string of the molecule is NC(=O)c1ccc2nccc(Oc3ccc4nc(Nc5ccc(Cl)c(F)c5)sc4c3)c2c1. The van der Waals surface area contributed by atoms with Gasteiger partial charge in [0.05, 0.1) is 20.8 Å². The van der Waals surface area contributed by atoms with Gasteiger partial charge in [0.15, 0.2) is 5.13 Å². The average Bonchev–Trinajstić information content (AvgIpc) is 3.17. The van der Waals surface area contributed by atoms with Crippen LogP contribution in [-0.2, 0) is 0 Å². The molecule has 0 saturated heterocycles. The number of thiazole rings is 1. The number of hydrogen-bond acceptors (Lipinski definition) is 6. The quantitative estimate of drug-likeness (QED) is 0.320. The molecule has 0 aliphatic heterocycles. The van der Waals surface area contributed by atoms with Gasteiger partial charge in [-0.1, -0.05) is 22.9 Å². The van der Waals surface area contributed by atoms with E-state index in [2.05, 4.69) is 15.3 Å². The highest BCUT2D eigenvalue weighted by Gasteiger charge is 2.11. The molecule has 3 aromatic carbocycles. The zero-order valence-corrected chi connectivity index (χ0v) is 17.9. The van der Waals surface area contributed by atoms with Crippen molar-refractivity contribution in [2.45, 2.75) is 0 Å². The molecule has 6 nitrogen and oxygen atoms in total. The van der Waals surface area contributed by atoms with Crippen molar-refractivity contribution < 1.29 is 13.9 Å². The summed E-state index contributed by atoms with van der Waals surface area (Å²) in [4.78, 5) is 20.4. The van der Waals surface area contributed by atoms with Gasteiger partial charge >= 0.3 is 0 Å². The van der Waals surface area contributed by atoms with Crippen LogP contribution in [0.1, 0.15) is 10.4 Å². The minimum absolute atomic E-state index is 0.0632. The maximum atomic E-state index is 13.7. The molecular formula is C23H14ClFN4O2S. The first-order chi connectivity index (χ1) is 15.5. The van der Waals surface area contributed by atoms with E-state index in [0.717, 1.165) is 10.2 Å². The molecule has 0 bridgehead atoms. The number of aromatic nitrogens is 2. The van der Waals surface area contributed by atoms with Crippen molar-refractivity contribution in [1.82, 2.24) is 9.97 Å². The second-order valence-electron chi connectivity index (χ2n) is 6.91. The molecule has 32 heavy (non-hydrogen) atoms. The summed E-state index contributed by atoms with van der Waals surface area (Å²) in [7, 11) is 0. The van der Waals surface area contributed by atoms with E-state index in [1.165, 1.54) is 23.5 Å². The number of carbonyl (C=O) groups excluding carboxylic acids is 1. The van der Waals surface area contributed by atoms with Crippen molar-refractivity contribution in [2.75, 3.05) is 5.32 Å². The van der Waals surface area contributed by atoms with Crippen LogP contribution in [0.2, 0.25) is 5.02 Å². The van der Waals surface area contributed by atoms with E-state index in [1.807, 2.05) is 12.1 Å². The minimum Gasteiger partial charge on any atom is -0.457 e. The molecule has 0 saturated carbocycles. The molecule has 1 amide bonds. The largest absolute Gasteiger partial charge is 0.457 e. The van der Waals surface area contributed by atoms with E-state index in [9.17, 15) is 9.18 Å². The van der Waals surface area contributed by atoms with Gasteiger partial charge in [-0.3, -0.25) is 9.78 Å². The number of nitrogens with zero attached hydrogens (tertiary/aromatic N) is 2. The molecule has 5 rings (SSSR count). The van der Waals surface area contributed by atoms with Crippen LogP contribution in [-0.4, -0.2) is 15.9 Å². The Hall–Kier alpha value is -3.75. The van der Waals surface area contributed by atoms with E-state index in [4.69, 9.17) is 22.1 Å². The number of nitrogens with one attached hydrogen (secondary N) is 1. The molecule has 0 radical (unpaired) electrons. The van der Waals surface area contributed by atoms with E-state index < -0.39 is 11.7 Å². The van der Waals surface area contributed by atoms with Gasteiger partial charge in [0.1, 0.15) is 17.3 Å². The van der Waals surface area contributed by atoms with E-state index >= 15 is 0 Å². The van der Waals surface area contributed by atoms with Crippen molar-refractivity contribution in [3.8, 4) is 11.5 Å². The number of ether oxygens (including phenoxy) is 1. The number of benzene rings is 3. The number of fused-ring (bicyclic) bond motifs is 2. The number of carbonyl (C=O) groups is 1. The molecule has 5 aromatic rings. The Labute approximate surface area is 190 Å². The number of primary amides is 1. The smallest absolute Gasteiger partial charge is 0.248 e. The lowest BCUT2D eigenvalue weighted by Crippen LogP contribution is -2.10. The fraction of sp³-hybridized carbons (Fsp3) is 0. The van der Waals surface area contributed by atoms with E-state index in [-0.39, 0.29) is 5.02 Å². The third-order valence-corrected chi connectivity index (χ3v) is 5.98. The molecule has 0 unspecified atom stereocenters. The molecule has 0 aliphatic carbocycles. The number of rotatable bonds is 5. The van der Waals surface area contributed by atoms with Crippen molar-refractivity contribution in [2.24, 2.45) is 5.73 Å². The fourth-order valence-electron chi connectivity index (χ4n) is 3.21. The predicted molar refractivity (Wildman–Crippen MR) is 125 cm³/mol. The second kappa shape index (κ2) is 8.07. The summed E-state index contributed by atoms with van der Waals surface area (Å²) >= 11 is 7.14. The monoisotopic (exact) mass is 464 g/mol. The van der Waals surface area contributed by atoms with Gasteiger partial charge < -0.3 is 15.8 Å². The van der Waals surface area contributed by atoms with Crippen molar-refractivity contribution in [3.63, 3.8) is 0 Å². The van der Waals surface area contributed by atoms with Gasteiger partial charge in [0.25, 0.3) is 0 Å². The summed E-state index contributed by atoms with van der Waals surface area (Å²) in [5.41, 5.74) is 7.79. The van der Waals surface area contributed by atoms with Gasteiger partial charge in [-0.15, -0.1) is 0 Å².